The van der Waals surface area contributed by atoms with Crippen molar-refractivity contribution in [3.8, 4) is 22.8 Å². The molecule has 4 rings (SSSR count). The molecule has 7 heteroatoms. The van der Waals surface area contributed by atoms with Crippen LogP contribution in [0.15, 0.2) is 35.5 Å². The van der Waals surface area contributed by atoms with Crippen molar-refractivity contribution in [3.63, 3.8) is 0 Å². The van der Waals surface area contributed by atoms with Gasteiger partial charge in [0.15, 0.2) is 9.84 Å². The van der Waals surface area contributed by atoms with Gasteiger partial charge in [0.05, 0.1) is 18.6 Å². The summed E-state index contributed by atoms with van der Waals surface area (Å²) in [5, 5.41) is 0.983. The summed E-state index contributed by atoms with van der Waals surface area (Å²) in [6.07, 6.45) is 8.56. The van der Waals surface area contributed by atoms with Crippen LogP contribution in [0.3, 0.4) is 0 Å². The van der Waals surface area contributed by atoms with Crippen LogP contribution in [-0.4, -0.2) is 37.9 Å². The molecule has 0 bridgehead atoms. The van der Waals surface area contributed by atoms with Crippen molar-refractivity contribution in [2.75, 3.05) is 20.0 Å². The van der Waals surface area contributed by atoms with Crippen LogP contribution in [0.4, 0.5) is 0 Å². The molecule has 1 saturated carbocycles. The Labute approximate surface area is 171 Å². The van der Waals surface area contributed by atoms with E-state index in [1.54, 1.807) is 31.5 Å². The van der Waals surface area contributed by atoms with Crippen molar-refractivity contribution >= 4 is 20.7 Å². The molecule has 2 aromatic heterocycles. The highest BCUT2D eigenvalue weighted by Crippen LogP contribution is 2.41. The van der Waals surface area contributed by atoms with Crippen molar-refractivity contribution in [1.82, 2.24) is 9.55 Å². The molecule has 0 radical (unpaired) electrons. The molecule has 29 heavy (non-hydrogen) atoms. The number of benzene rings is 1. The fourth-order valence-electron chi connectivity index (χ4n) is 3.74. The van der Waals surface area contributed by atoms with Gasteiger partial charge in [-0.25, -0.2) is 13.4 Å². The van der Waals surface area contributed by atoms with Crippen LogP contribution in [0.5, 0.6) is 11.6 Å². The third-order valence-corrected chi connectivity index (χ3v) is 6.61. The van der Waals surface area contributed by atoms with Gasteiger partial charge in [-0.3, -0.25) is 0 Å². The number of sulfone groups is 1. The predicted octanol–water partition coefficient (Wildman–Crippen LogP) is 4.14. The minimum absolute atomic E-state index is 0.276. The predicted molar refractivity (Wildman–Crippen MR) is 113 cm³/mol. The van der Waals surface area contributed by atoms with Gasteiger partial charge in [-0.1, -0.05) is 12.8 Å². The zero-order valence-corrected chi connectivity index (χ0v) is 18.0. The van der Waals surface area contributed by atoms with E-state index in [0.717, 1.165) is 39.9 Å². The highest BCUT2D eigenvalue weighted by atomic mass is 32.2. The highest BCUT2D eigenvalue weighted by molar-refractivity contribution is 7.90. The Bertz CT molecular complexity index is 1180. The molecular formula is C22H26N2O4S. The van der Waals surface area contributed by atoms with Crippen molar-refractivity contribution < 1.29 is 17.9 Å². The minimum Gasteiger partial charge on any atom is -0.493 e. The molecule has 1 fully saturated rings. The summed E-state index contributed by atoms with van der Waals surface area (Å²) in [6, 6.07) is 5.10. The molecule has 1 aliphatic carbocycles. The van der Waals surface area contributed by atoms with Crippen LogP contribution in [-0.2, 0) is 16.9 Å². The largest absolute Gasteiger partial charge is 0.493 e. The van der Waals surface area contributed by atoms with Gasteiger partial charge in [0, 0.05) is 42.2 Å². The van der Waals surface area contributed by atoms with Gasteiger partial charge < -0.3 is 14.0 Å². The number of hydrogen-bond acceptors (Lipinski definition) is 5. The maximum atomic E-state index is 12.2. The highest BCUT2D eigenvalue weighted by Gasteiger charge is 2.23. The number of nitrogens with zero attached hydrogens (tertiary/aromatic N) is 2. The molecule has 0 N–H and O–H groups in total. The molecular weight excluding hydrogens is 388 g/mol. The summed E-state index contributed by atoms with van der Waals surface area (Å²) in [6.45, 7) is 2.62. The number of aromatic nitrogens is 2. The first-order valence-electron chi connectivity index (χ1n) is 9.75. The number of methoxy groups -OCH3 is 1. The summed E-state index contributed by atoms with van der Waals surface area (Å²) < 4.78 is 37.9. The number of ether oxygens (including phenoxy) is 2. The fraction of sp³-hybridized carbons (Fsp3) is 0.409. The van der Waals surface area contributed by atoms with E-state index in [1.165, 1.54) is 19.1 Å². The van der Waals surface area contributed by atoms with Gasteiger partial charge in [-0.15, -0.1) is 0 Å². The van der Waals surface area contributed by atoms with Crippen LogP contribution >= 0.6 is 0 Å². The first-order chi connectivity index (χ1) is 13.8. The van der Waals surface area contributed by atoms with Gasteiger partial charge in [-0.05, 0) is 43.0 Å². The van der Waals surface area contributed by atoms with E-state index in [4.69, 9.17) is 9.47 Å². The molecule has 0 atom stereocenters. The first-order valence-corrected chi connectivity index (χ1v) is 11.6. The summed E-state index contributed by atoms with van der Waals surface area (Å²) >= 11 is 0. The van der Waals surface area contributed by atoms with E-state index < -0.39 is 9.84 Å². The minimum atomic E-state index is -3.34. The Kier molecular flexibility index (Phi) is 5.02. The molecule has 2 heterocycles. The number of pyridine rings is 1. The standard InChI is InChI=1S/C22H26N2O4S/c1-14-12-23-22(27-3)21-20(14)18(13-24(21)2)17-11-16(29(4,25)26)7-8-19(17)28-10-9-15-5-6-15/h7-8,11-13,15H,5-6,9-10H2,1-4H3. The molecule has 0 amide bonds. The molecule has 6 nitrogen and oxygen atoms in total. The third kappa shape index (κ3) is 3.83. The topological polar surface area (TPSA) is 70.4 Å². The Balaban J connectivity index is 1.90. The number of hydrogen-bond donors (Lipinski definition) is 0. The Morgan fingerprint density at radius 1 is 1.24 bits per heavy atom. The monoisotopic (exact) mass is 414 g/mol. The summed E-state index contributed by atoms with van der Waals surface area (Å²) in [4.78, 5) is 4.65. The zero-order valence-electron chi connectivity index (χ0n) is 17.2. The molecule has 0 unspecified atom stereocenters. The second kappa shape index (κ2) is 7.37. The average Bonchev–Trinajstić information content (AvgIpc) is 3.43. The summed E-state index contributed by atoms with van der Waals surface area (Å²) in [5.74, 6) is 2.00. The van der Waals surface area contributed by atoms with E-state index >= 15 is 0 Å². The lowest BCUT2D eigenvalue weighted by Gasteiger charge is -2.13. The molecule has 1 aliphatic rings. The maximum absolute atomic E-state index is 12.2. The van der Waals surface area contributed by atoms with Gasteiger partial charge in [0.1, 0.15) is 11.3 Å². The first kappa shape index (κ1) is 19.8. The molecule has 154 valence electrons. The SMILES string of the molecule is COc1ncc(C)c2c(-c3cc(S(C)(=O)=O)ccc3OCCC3CC3)cn(C)c12. The molecule has 3 aromatic rings. The Morgan fingerprint density at radius 2 is 2.00 bits per heavy atom. The summed E-state index contributed by atoms with van der Waals surface area (Å²) in [7, 11) is 0.189. The number of aryl methyl sites for hydroxylation is 2. The molecule has 1 aromatic carbocycles. The number of fused-ring (bicyclic) bond motifs is 1. The molecule has 0 saturated heterocycles. The van der Waals surface area contributed by atoms with Crippen molar-refractivity contribution in [2.24, 2.45) is 13.0 Å². The fourth-order valence-corrected chi connectivity index (χ4v) is 4.38. The maximum Gasteiger partial charge on any atom is 0.238 e. The third-order valence-electron chi connectivity index (χ3n) is 5.50. The lowest BCUT2D eigenvalue weighted by molar-refractivity contribution is 0.303. The van der Waals surface area contributed by atoms with Gasteiger partial charge in [0.25, 0.3) is 0 Å². The quantitative estimate of drug-likeness (QED) is 0.581. The van der Waals surface area contributed by atoms with E-state index in [2.05, 4.69) is 4.98 Å². The van der Waals surface area contributed by atoms with Gasteiger partial charge >= 0.3 is 0 Å². The molecule has 0 spiro atoms. The average molecular weight is 415 g/mol. The van der Waals surface area contributed by atoms with Gasteiger partial charge in [0.2, 0.25) is 5.88 Å². The van der Waals surface area contributed by atoms with Crippen molar-refractivity contribution in [1.29, 1.82) is 0 Å². The van der Waals surface area contributed by atoms with Crippen LogP contribution in [0.25, 0.3) is 22.0 Å². The van der Waals surface area contributed by atoms with Crippen LogP contribution in [0, 0.1) is 12.8 Å². The van der Waals surface area contributed by atoms with Crippen LogP contribution in [0.1, 0.15) is 24.8 Å². The number of rotatable bonds is 7. The Morgan fingerprint density at radius 3 is 2.66 bits per heavy atom. The molecule has 0 aliphatic heterocycles. The Hall–Kier alpha value is -2.54. The van der Waals surface area contributed by atoms with Gasteiger partial charge in [-0.2, -0.15) is 0 Å². The van der Waals surface area contributed by atoms with E-state index in [1.807, 2.05) is 24.7 Å². The van der Waals surface area contributed by atoms with E-state index in [0.29, 0.717) is 18.2 Å². The van der Waals surface area contributed by atoms with Crippen LogP contribution < -0.4 is 9.47 Å². The van der Waals surface area contributed by atoms with Crippen molar-refractivity contribution in [3.05, 3.63) is 36.2 Å². The summed E-state index contributed by atoms with van der Waals surface area (Å²) in [5.41, 5.74) is 3.54. The van der Waals surface area contributed by atoms with Crippen LogP contribution in [0.2, 0.25) is 0 Å². The van der Waals surface area contributed by atoms with E-state index in [9.17, 15) is 8.42 Å². The lowest BCUT2D eigenvalue weighted by Crippen LogP contribution is -2.02. The lowest BCUT2D eigenvalue weighted by atomic mass is 10.0. The smallest absolute Gasteiger partial charge is 0.238 e. The second-order valence-corrected chi connectivity index (χ2v) is 9.85. The van der Waals surface area contributed by atoms with E-state index in [-0.39, 0.29) is 4.90 Å². The normalized spacial score (nSPS) is 14.3. The van der Waals surface area contributed by atoms with Crippen molar-refractivity contribution in [2.45, 2.75) is 31.1 Å². The zero-order chi connectivity index (χ0) is 20.8. The second-order valence-electron chi connectivity index (χ2n) is 7.84.